The van der Waals surface area contributed by atoms with E-state index in [4.69, 9.17) is 10.5 Å². The number of hydrogen-bond donors (Lipinski definition) is 1. The molecule has 2 unspecified atom stereocenters. The van der Waals surface area contributed by atoms with Gasteiger partial charge in [0, 0.05) is 6.04 Å². The summed E-state index contributed by atoms with van der Waals surface area (Å²) in [5.41, 5.74) is 7.21. The molecule has 3 atom stereocenters. The van der Waals surface area contributed by atoms with Crippen LogP contribution in [0.3, 0.4) is 0 Å². The van der Waals surface area contributed by atoms with Crippen molar-refractivity contribution in [2.24, 2.45) is 11.7 Å². The minimum absolute atomic E-state index is 0.146. The van der Waals surface area contributed by atoms with Gasteiger partial charge in [-0.15, -0.1) is 0 Å². The number of hydrogen-bond acceptors (Lipinski definition) is 2. The smallest absolute Gasteiger partial charge is 0.119 e. The predicted octanol–water partition coefficient (Wildman–Crippen LogP) is 4.05. The fraction of sp³-hybridized carbons (Fsp3) is 0.625. The van der Waals surface area contributed by atoms with Gasteiger partial charge in [-0.25, -0.2) is 0 Å². The second kappa shape index (κ2) is 6.24. The molecule has 1 fully saturated rings. The summed E-state index contributed by atoms with van der Waals surface area (Å²) in [6, 6.07) is 8.46. The summed E-state index contributed by atoms with van der Waals surface area (Å²) in [7, 11) is 0. The second-order valence-electron chi connectivity index (χ2n) is 5.50. The van der Waals surface area contributed by atoms with E-state index in [0.29, 0.717) is 12.0 Å². The van der Waals surface area contributed by atoms with E-state index in [1.807, 2.05) is 0 Å². The summed E-state index contributed by atoms with van der Waals surface area (Å²) in [5, 5.41) is 0. The molecule has 0 bridgehead atoms. The Labute approximate surface area is 111 Å². The fourth-order valence-electron chi connectivity index (χ4n) is 2.66. The van der Waals surface area contributed by atoms with Gasteiger partial charge in [0.05, 0.1) is 0 Å². The summed E-state index contributed by atoms with van der Waals surface area (Å²) in [4.78, 5) is 0. The van der Waals surface area contributed by atoms with E-state index in [2.05, 4.69) is 38.1 Å². The Balaban J connectivity index is 1.97. The Morgan fingerprint density at radius 3 is 2.50 bits per heavy atom. The lowest BCUT2D eigenvalue weighted by Crippen LogP contribution is -2.28. The van der Waals surface area contributed by atoms with Crippen molar-refractivity contribution in [1.29, 1.82) is 0 Å². The zero-order valence-corrected chi connectivity index (χ0v) is 11.6. The molecule has 0 aromatic heterocycles. The van der Waals surface area contributed by atoms with Gasteiger partial charge in [-0.3, -0.25) is 0 Å². The maximum absolute atomic E-state index is 6.10. The Hall–Kier alpha value is -1.02. The highest BCUT2D eigenvalue weighted by molar-refractivity contribution is 5.29. The van der Waals surface area contributed by atoms with Crippen LogP contribution in [0, 0.1) is 5.92 Å². The number of ether oxygens (including phenoxy) is 1. The number of rotatable bonds is 4. The molecule has 2 N–H and O–H groups in total. The lowest BCUT2D eigenvalue weighted by atomic mass is 9.88. The van der Waals surface area contributed by atoms with E-state index in [9.17, 15) is 0 Å². The van der Waals surface area contributed by atoms with Gasteiger partial charge >= 0.3 is 0 Å². The first kappa shape index (κ1) is 13.4. The van der Waals surface area contributed by atoms with E-state index in [0.717, 1.165) is 12.2 Å². The first-order valence-electron chi connectivity index (χ1n) is 7.23. The van der Waals surface area contributed by atoms with Gasteiger partial charge in [-0.1, -0.05) is 32.4 Å². The van der Waals surface area contributed by atoms with Crippen LogP contribution >= 0.6 is 0 Å². The molecular weight excluding hydrogens is 222 g/mol. The van der Waals surface area contributed by atoms with Gasteiger partial charge < -0.3 is 10.5 Å². The first-order valence-corrected chi connectivity index (χ1v) is 7.23. The van der Waals surface area contributed by atoms with Gasteiger partial charge in [0.1, 0.15) is 11.9 Å². The molecule has 1 saturated carbocycles. The molecule has 100 valence electrons. The third-order valence-corrected chi connectivity index (χ3v) is 4.07. The van der Waals surface area contributed by atoms with Crippen molar-refractivity contribution in [1.82, 2.24) is 0 Å². The van der Waals surface area contributed by atoms with E-state index in [1.54, 1.807) is 0 Å². The molecule has 0 saturated heterocycles. The van der Waals surface area contributed by atoms with Crippen molar-refractivity contribution in [3.63, 3.8) is 0 Å². The molecule has 2 heteroatoms. The van der Waals surface area contributed by atoms with Gasteiger partial charge in [0.2, 0.25) is 0 Å². The SMILES string of the molecule is CC[C@@H](N)c1ccc(OC2CCCCC2C)cc1. The van der Waals surface area contributed by atoms with E-state index in [-0.39, 0.29) is 6.04 Å². The summed E-state index contributed by atoms with van der Waals surface area (Å²) in [5.74, 6) is 1.66. The topological polar surface area (TPSA) is 35.2 Å². The average Bonchev–Trinajstić information content (AvgIpc) is 2.41. The standard InChI is InChI=1S/C16H25NO/c1-3-15(17)13-8-10-14(11-9-13)18-16-7-5-4-6-12(16)2/h8-12,15-16H,3-7,17H2,1-2H3/t12?,15-,16?/m1/s1. The van der Waals surface area contributed by atoms with Gasteiger partial charge in [0.15, 0.2) is 0 Å². The average molecular weight is 247 g/mol. The van der Waals surface area contributed by atoms with Crippen molar-refractivity contribution in [2.45, 2.75) is 58.1 Å². The first-order chi connectivity index (χ1) is 8.70. The Morgan fingerprint density at radius 1 is 1.22 bits per heavy atom. The van der Waals surface area contributed by atoms with Crippen LogP contribution < -0.4 is 10.5 Å². The second-order valence-corrected chi connectivity index (χ2v) is 5.50. The van der Waals surface area contributed by atoms with E-state index in [1.165, 1.54) is 31.2 Å². The summed E-state index contributed by atoms with van der Waals surface area (Å²) in [6.45, 7) is 4.41. The number of nitrogens with two attached hydrogens (primary N) is 1. The molecule has 1 aromatic carbocycles. The molecule has 1 aliphatic carbocycles. The molecule has 2 nitrogen and oxygen atoms in total. The number of benzene rings is 1. The fourth-order valence-corrected chi connectivity index (χ4v) is 2.66. The third kappa shape index (κ3) is 3.26. The molecule has 1 aromatic rings. The lowest BCUT2D eigenvalue weighted by molar-refractivity contribution is 0.102. The van der Waals surface area contributed by atoms with Crippen LogP contribution in [0.5, 0.6) is 5.75 Å². The van der Waals surface area contributed by atoms with E-state index >= 15 is 0 Å². The van der Waals surface area contributed by atoms with Crippen LogP contribution in [0.1, 0.15) is 57.6 Å². The quantitative estimate of drug-likeness (QED) is 0.871. The highest BCUT2D eigenvalue weighted by Gasteiger charge is 2.22. The normalized spacial score (nSPS) is 25.7. The molecule has 0 amide bonds. The summed E-state index contributed by atoms with van der Waals surface area (Å²) >= 11 is 0. The van der Waals surface area contributed by atoms with Crippen LogP contribution in [0.2, 0.25) is 0 Å². The monoisotopic (exact) mass is 247 g/mol. The molecule has 0 heterocycles. The minimum Gasteiger partial charge on any atom is -0.490 e. The third-order valence-electron chi connectivity index (χ3n) is 4.07. The van der Waals surface area contributed by atoms with Crippen molar-refractivity contribution in [3.05, 3.63) is 29.8 Å². The van der Waals surface area contributed by atoms with E-state index < -0.39 is 0 Å². The maximum atomic E-state index is 6.10. The zero-order chi connectivity index (χ0) is 13.0. The molecular formula is C16H25NO. The maximum Gasteiger partial charge on any atom is 0.119 e. The Kier molecular flexibility index (Phi) is 4.65. The van der Waals surface area contributed by atoms with Crippen LogP contribution in [0.4, 0.5) is 0 Å². The highest BCUT2D eigenvalue weighted by Crippen LogP contribution is 2.28. The van der Waals surface area contributed by atoms with Crippen LogP contribution in [0.15, 0.2) is 24.3 Å². The summed E-state index contributed by atoms with van der Waals surface area (Å²) in [6.07, 6.45) is 6.50. The van der Waals surface area contributed by atoms with Crippen LogP contribution in [0.25, 0.3) is 0 Å². The van der Waals surface area contributed by atoms with Crippen molar-refractivity contribution >= 4 is 0 Å². The van der Waals surface area contributed by atoms with Crippen LogP contribution in [-0.2, 0) is 0 Å². The molecule has 0 radical (unpaired) electrons. The molecule has 18 heavy (non-hydrogen) atoms. The lowest BCUT2D eigenvalue weighted by Gasteiger charge is -2.29. The zero-order valence-electron chi connectivity index (χ0n) is 11.6. The van der Waals surface area contributed by atoms with Crippen molar-refractivity contribution < 1.29 is 4.74 Å². The Bertz CT molecular complexity index is 360. The van der Waals surface area contributed by atoms with Gasteiger partial charge in [0.25, 0.3) is 0 Å². The van der Waals surface area contributed by atoms with Gasteiger partial charge in [-0.05, 0) is 49.3 Å². The molecule has 2 rings (SSSR count). The Morgan fingerprint density at radius 2 is 1.89 bits per heavy atom. The van der Waals surface area contributed by atoms with Crippen LogP contribution in [-0.4, -0.2) is 6.10 Å². The highest BCUT2D eigenvalue weighted by atomic mass is 16.5. The summed E-state index contributed by atoms with van der Waals surface area (Å²) < 4.78 is 6.10. The molecule has 0 aliphatic heterocycles. The van der Waals surface area contributed by atoms with Crippen molar-refractivity contribution in [3.8, 4) is 5.75 Å². The molecule has 1 aliphatic rings. The minimum atomic E-state index is 0.146. The molecule has 0 spiro atoms. The van der Waals surface area contributed by atoms with Crippen molar-refractivity contribution in [2.75, 3.05) is 0 Å². The predicted molar refractivity (Wildman–Crippen MR) is 75.7 cm³/mol. The largest absolute Gasteiger partial charge is 0.490 e. The van der Waals surface area contributed by atoms with Gasteiger partial charge in [-0.2, -0.15) is 0 Å².